The molecule has 0 aliphatic carbocycles. The highest BCUT2D eigenvalue weighted by molar-refractivity contribution is 8.57. The van der Waals surface area contributed by atoms with Gasteiger partial charge in [-0.15, -0.1) is 0 Å². The van der Waals surface area contributed by atoms with Gasteiger partial charge in [-0.1, -0.05) is 79.7 Å². The number of rotatable bonds is 14. The van der Waals surface area contributed by atoms with Crippen LogP contribution in [0.5, 0.6) is 0 Å². The first kappa shape index (κ1) is 67.3. The highest BCUT2D eigenvalue weighted by atomic mass is 32.7. The zero-order valence-electron chi connectivity index (χ0n) is 29.7. The second-order valence-electron chi connectivity index (χ2n) is 6.33. The van der Waals surface area contributed by atoms with Crippen LogP contribution in [0, 0.1) is 0 Å². The Bertz CT molecular complexity index is 850. The van der Waals surface area contributed by atoms with Gasteiger partial charge in [-0.05, 0) is 43.8 Å². The van der Waals surface area contributed by atoms with Crippen LogP contribution < -0.4 is 38.5 Å². The van der Waals surface area contributed by atoms with E-state index in [0.29, 0.717) is 0 Å². The second-order valence-corrected chi connectivity index (χ2v) is 37.4. The molecule has 7 atom stereocenters. The number of nitrogens with two attached hydrogens (primary N) is 7. The summed E-state index contributed by atoms with van der Waals surface area (Å²) in [6.07, 6.45) is 11.5. The van der Waals surface area contributed by atoms with E-state index < -0.39 is 47.0 Å². The van der Waals surface area contributed by atoms with Gasteiger partial charge in [0.25, 0.3) is 0 Å². The third kappa shape index (κ3) is 61.0. The lowest BCUT2D eigenvalue weighted by atomic mass is 11.8. The maximum absolute atomic E-state index is 10.5. The van der Waals surface area contributed by atoms with Crippen molar-refractivity contribution >= 4 is 127 Å². The molecule has 7 unspecified atom stereocenters. The molecule has 0 saturated heterocycles. The largest absolute Gasteiger partial charge is 0.323 e. The molecule has 14 N–H and O–H groups in total. The Morgan fingerprint density at radius 2 is 0.327 bits per heavy atom. The molecule has 0 aromatic heterocycles. The first-order valence-corrected chi connectivity index (χ1v) is 36.0. The van der Waals surface area contributed by atoms with Crippen LogP contribution in [-0.4, -0.2) is 93.6 Å². The summed E-state index contributed by atoms with van der Waals surface area (Å²) in [5, 5.41) is 0. The molecule has 0 fully saturated rings. The highest BCUT2D eigenvalue weighted by Crippen LogP contribution is 2.51. The van der Waals surface area contributed by atoms with E-state index in [9.17, 15) is 32.0 Å². The standard InChI is InChI=1S/7C2H8NO2PS/c7*1-5-6(3,4)7-2/h7*1-2H3,(H2,3,4). The van der Waals surface area contributed by atoms with Crippen LogP contribution in [-0.2, 0) is 63.6 Å². The number of hydrogen-bond donors (Lipinski definition) is 7. The van der Waals surface area contributed by atoms with Crippen molar-refractivity contribution in [2.75, 3.05) is 93.6 Å². The minimum Gasteiger partial charge on any atom is -0.313 e. The zero-order valence-corrected chi connectivity index (χ0v) is 41.7. The van der Waals surface area contributed by atoms with E-state index in [1.165, 1.54) is 49.8 Å². The Balaban J connectivity index is -0.0000000840. The van der Waals surface area contributed by atoms with Crippen molar-refractivity contribution in [3.8, 4) is 0 Å². The molecule has 0 aliphatic heterocycles. The normalized spacial score (nSPS) is 18.7. The first-order valence-electron chi connectivity index (χ1n) is 11.4. The fourth-order valence-corrected chi connectivity index (χ4v) is 4.70. The van der Waals surface area contributed by atoms with Crippen molar-refractivity contribution in [2.45, 2.75) is 0 Å². The van der Waals surface area contributed by atoms with Gasteiger partial charge in [0.15, 0.2) is 0 Å². The molecule has 0 heterocycles. The maximum atomic E-state index is 10.5. The van der Waals surface area contributed by atoms with Crippen LogP contribution in [0.2, 0.25) is 0 Å². The van der Waals surface area contributed by atoms with Crippen LogP contribution in [0.1, 0.15) is 0 Å². The van der Waals surface area contributed by atoms with Gasteiger partial charge in [0, 0.05) is 49.8 Å². The molecule has 49 heavy (non-hydrogen) atoms. The summed E-state index contributed by atoms with van der Waals surface area (Å²) in [4.78, 5) is 0. The summed E-state index contributed by atoms with van der Waals surface area (Å²) in [5.41, 5.74) is 35.1. The van der Waals surface area contributed by atoms with Crippen molar-refractivity contribution in [2.24, 2.45) is 38.5 Å². The third-order valence-corrected chi connectivity index (χ3v) is 24.5. The first-order chi connectivity index (χ1) is 21.8. The maximum Gasteiger partial charge on any atom is 0.323 e. The van der Waals surface area contributed by atoms with Crippen molar-refractivity contribution in [1.82, 2.24) is 0 Å². The molecule has 0 rings (SSSR count). The van der Waals surface area contributed by atoms with Crippen molar-refractivity contribution in [3.63, 3.8) is 0 Å². The Morgan fingerprint density at radius 3 is 0.327 bits per heavy atom. The third-order valence-electron chi connectivity index (χ3n) is 3.56. The fourth-order valence-electron chi connectivity index (χ4n) is 0.522. The molecule has 0 saturated carbocycles. The summed E-state index contributed by atoms with van der Waals surface area (Å²) in [6, 6.07) is 0. The molecule has 0 aromatic rings. The van der Waals surface area contributed by atoms with Crippen molar-refractivity contribution in [3.05, 3.63) is 0 Å². The predicted octanol–water partition coefficient (Wildman–Crippen LogP) is 7.44. The minimum absolute atomic E-state index is 1.04. The SMILES string of the molecule is COP(N)(=O)SC.COP(N)(=O)SC.COP(N)(=O)SC.COP(N)(=O)SC.COP(N)(=O)SC.COP(N)(=O)SC.COP(N)(=O)SC. The van der Waals surface area contributed by atoms with Gasteiger partial charge in [0.05, 0.1) is 0 Å². The van der Waals surface area contributed by atoms with Crippen LogP contribution in [0.3, 0.4) is 0 Å². The Morgan fingerprint density at radius 1 is 0.265 bits per heavy atom. The van der Waals surface area contributed by atoms with E-state index in [0.717, 1.165) is 79.7 Å². The van der Waals surface area contributed by atoms with Gasteiger partial charge in [0.2, 0.25) is 0 Å². The molecule has 0 bridgehead atoms. The molecule has 0 aromatic carbocycles. The van der Waals surface area contributed by atoms with Gasteiger partial charge < -0.3 is 31.7 Å². The monoisotopic (exact) mass is 987 g/mol. The molecule has 35 heteroatoms. The average Bonchev–Trinajstić information content (AvgIpc) is 3.09. The quantitative estimate of drug-likeness (QED) is 0.0831. The molecular weight excluding hydrogens is 931 g/mol. The van der Waals surface area contributed by atoms with E-state index in [-0.39, 0.29) is 0 Å². The summed E-state index contributed by atoms with van der Waals surface area (Å²) >= 11 is 7.27. The van der Waals surface area contributed by atoms with Crippen LogP contribution in [0.15, 0.2) is 0 Å². The Kier molecular flexibility index (Phi) is 50.9. The van der Waals surface area contributed by atoms with Gasteiger partial charge in [0.1, 0.15) is 0 Å². The minimum atomic E-state index is -2.74. The lowest BCUT2D eigenvalue weighted by Crippen LogP contribution is -1.89. The van der Waals surface area contributed by atoms with Crippen LogP contribution >= 0.6 is 127 Å². The smallest absolute Gasteiger partial charge is 0.313 e. The zero-order chi connectivity index (χ0) is 41.4. The van der Waals surface area contributed by atoms with Gasteiger partial charge in [-0.2, -0.15) is 0 Å². The highest BCUT2D eigenvalue weighted by Gasteiger charge is 2.12. The lowest BCUT2D eigenvalue weighted by molar-refractivity contribution is 0.409. The molecule has 21 nitrogen and oxygen atoms in total. The molecule has 0 radical (unpaired) electrons. The van der Waals surface area contributed by atoms with Crippen molar-refractivity contribution < 1.29 is 63.6 Å². The molecule has 0 amide bonds. The van der Waals surface area contributed by atoms with E-state index in [2.05, 4.69) is 31.7 Å². The lowest BCUT2D eigenvalue weighted by Gasteiger charge is -2.02. The van der Waals surface area contributed by atoms with Crippen molar-refractivity contribution in [1.29, 1.82) is 0 Å². The fraction of sp³-hybridized carbons (Fsp3) is 1.00. The molecule has 308 valence electrons. The van der Waals surface area contributed by atoms with Gasteiger partial charge in [-0.3, -0.25) is 70.5 Å². The predicted molar refractivity (Wildman–Crippen MR) is 226 cm³/mol. The Labute approximate surface area is 320 Å². The summed E-state index contributed by atoms with van der Waals surface area (Å²) in [5.74, 6) is 0. The van der Waals surface area contributed by atoms with E-state index in [1.54, 1.807) is 43.8 Å². The second kappa shape index (κ2) is 37.1. The van der Waals surface area contributed by atoms with Crippen LogP contribution in [0.25, 0.3) is 0 Å². The average molecular weight is 988 g/mol. The Hall–Kier alpha value is 3.50. The summed E-state index contributed by atoms with van der Waals surface area (Å²) < 4.78 is 104. The van der Waals surface area contributed by atoms with E-state index in [4.69, 9.17) is 38.5 Å². The summed E-state index contributed by atoms with van der Waals surface area (Å²) in [7, 11) is 9.31. The van der Waals surface area contributed by atoms with E-state index >= 15 is 0 Å². The molecular formula is C14H56N7O14P7S7. The van der Waals surface area contributed by atoms with Gasteiger partial charge in [-0.25, -0.2) is 0 Å². The van der Waals surface area contributed by atoms with Crippen LogP contribution in [0.4, 0.5) is 0 Å². The number of hydrogen-bond acceptors (Lipinski definition) is 21. The summed E-state index contributed by atoms with van der Waals surface area (Å²) in [6.45, 7) is -19.2. The topological polar surface area (TPSA) is 366 Å². The molecule has 0 spiro atoms. The van der Waals surface area contributed by atoms with E-state index in [1.807, 2.05) is 0 Å². The van der Waals surface area contributed by atoms with Gasteiger partial charge >= 0.3 is 47.0 Å². The molecule has 0 aliphatic rings.